The molecule has 8 heteroatoms. The van der Waals surface area contributed by atoms with Crippen molar-refractivity contribution < 1.29 is 15.0 Å². The van der Waals surface area contributed by atoms with E-state index in [0.717, 1.165) is 58.8 Å². The predicted octanol–water partition coefficient (Wildman–Crippen LogP) is 7.08. The SMILES string of the molecule is CC(=O)O.OCc1ccc2c(c1)N=C1C=C(Nc3ccc(Cl)cc3)CC=C1N2c1ccc(Cl)cc1. The Hall–Kier alpha value is -3.58. The van der Waals surface area contributed by atoms with Crippen LogP contribution >= 0.6 is 23.2 Å². The number of aliphatic hydroxyl groups excluding tert-OH is 1. The van der Waals surface area contributed by atoms with Crippen LogP contribution in [0.25, 0.3) is 0 Å². The molecule has 0 saturated carbocycles. The van der Waals surface area contributed by atoms with Crippen molar-refractivity contribution in [2.45, 2.75) is 20.0 Å². The predicted molar refractivity (Wildman–Crippen MR) is 142 cm³/mol. The minimum Gasteiger partial charge on any atom is -0.481 e. The molecule has 0 aromatic heterocycles. The van der Waals surface area contributed by atoms with Crippen molar-refractivity contribution in [2.24, 2.45) is 4.99 Å². The molecule has 3 aromatic carbocycles. The lowest BCUT2D eigenvalue weighted by molar-refractivity contribution is -0.134. The summed E-state index contributed by atoms with van der Waals surface area (Å²) in [4.78, 5) is 16.1. The van der Waals surface area contributed by atoms with E-state index < -0.39 is 5.97 Å². The van der Waals surface area contributed by atoms with Crippen LogP contribution in [0.4, 0.5) is 22.7 Å². The molecule has 0 unspecified atom stereocenters. The highest BCUT2D eigenvalue weighted by Gasteiger charge is 2.27. The van der Waals surface area contributed by atoms with E-state index in [4.69, 9.17) is 38.1 Å². The molecule has 0 atom stereocenters. The van der Waals surface area contributed by atoms with Crippen LogP contribution in [-0.4, -0.2) is 21.9 Å². The normalized spacial score (nSPS) is 13.8. The summed E-state index contributed by atoms with van der Waals surface area (Å²) in [5.74, 6) is -0.833. The standard InChI is InChI=1S/C25H19Cl2N3O.C2H4O2/c26-17-2-6-19(7-3-17)28-20-8-12-25-23(14-20)29-22-13-16(15-31)1-11-24(22)30(25)21-9-4-18(27)5-10-21;1-2(3)4/h1-7,9-14,28,31H,8,15H2;1H3,(H,3,4). The third-order valence-corrected chi connectivity index (χ3v) is 5.77. The van der Waals surface area contributed by atoms with Crippen LogP contribution in [-0.2, 0) is 11.4 Å². The van der Waals surface area contributed by atoms with Crippen LogP contribution in [0.15, 0.2) is 95.3 Å². The molecule has 1 aliphatic heterocycles. The molecule has 0 bridgehead atoms. The van der Waals surface area contributed by atoms with Crippen LogP contribution in [0, 0.1) is 0 Å². The van der Waals surface area contributed by atoms with Gasteiger partial charge >= 0.3 is 0 Å². The summed E-state index contributed by atoms with van der Waals surface area (Å²) in [5, 5.41) is 21.9. The number of benzene rings is 3. The number of nitrogens with zero attached hydrogens (tertiary/aromatic N) is 2. The number of hydrogen-bond acceptors (Lipinski definition) is 5. The highest BCUT2D eigenvalue weighted by Crippen LogP contribution is 2.43. The molecule has 0 radical (unpaired) electrons. The highest BCUT2D eigenvalue weighted by molar-refractivity contribution is 6.31. The summed E-state index contributed by atoms with van der Waals surface area (Å²) in [6, 6.07) is 21.3. The first-order valence-electron chi connectivity index (χ1n) is 10.9. The molecule has 35 heavy (non-hydrogen) atoms. The van der Waals surface area contributed by atoms with Gasteiger partial charge in [0.05, 0.1) is 29.4 Å². The molecule has 0 fully saturated rings. The number of aliphatic hydroxyl groups is 1. The zero-order valence-corrected chi connectivity index (χ0v) is 20.4. The van der Waals surface area contributed by atoms with Gasteiger partial charge in [0.15, 0.2) is 0 Å². The first kappa shape index (κ1) is 24.5. The maximum Gasteiger partial charge on any atom is 0.300 e. The zero-order valence-electron chi connectivity index (χ0n) is 18.9. The van der Waals surface area contributed by atoms with Crippen LogP contribution in [0.5, 0.6) is 0 Å². The van der Waals surface area contributed by atoms with Gasteiger partial charge in [0, 0.05) is 40.5 Å². The third-order valence-electron chi connectivity index (χ3n) is 5.27. The van der Waals surface area contributed by atoms with Gasteiger partial charge < -0.3 is 20.4 Å². The Balaban J connectivity index is 0.000000672. The van der Waals surface area contributed by atoms with Crippen LogP contribution < -0.4 is 10.2 Å². The summed E-state index contributed by atoms with van der Waals surface area (Å²) in [6.07, 6.45) is 4.99. The van der Waals surface area contributed by atoms with Crippen molar-refractivity contribution in [3.63, 3.8) is 0 Å². The number of carbonyl (C=O) groups is 1. The molecule has 178 valence electrons. The largest absolute Gasteiger partial charge is 0.481 e. The number of fused-ring (bicyclic) bond motifs is 2. The van der Waals surface area contributed by atoms with Gasteiger partial charge in [0.2, 0.25) is 0 Å². The molecular weight excluding hydrogens is 485 g/mol. The van der Waals surface area contributed by atoms with Crippen molar-refractivity contribution >= 4 is 57.6 Å². The number of anilines is 3. The van der Waals surface area contributed by atoms with E-state index in [-0.39, 0.29) is 6.61 Å². The van der Waals surface area contributed by atoms with Crippen molar-refractivity contribution in [1.82, 2.24) is 0 Å². The number of carboxylic acid groups (broad SMARTS) is 1. The summed E-state index contributed by atoms with van der Waals surface area (Å²) < 4.78 is 0. The second-order valence-electron chi connectivity index (χ2n) is 7.90. The van der Waals surface area contributed by atoms with Gasteiger partial charge in [0.1, 0.15) is 0 Å². The van der Waals surface area contributed by atoms with E-state index in [2.05, 4.69) is 22.4 Å². The van der Waals surface area contributed by atoms with Gasteiger partial charge in [-0.05, 0) is 72.3 Å². The van der Waals surface area contributed by atoms with Gasteiger partial charge in [-0.25, -0.2) is 4.99 Å². The molecule has 6 nitrogen and oxygen atoms in total. The van der Waals surface area contributed by atoms with Crippen molar-refractivity contribution in [1.29, 1.82) is 0 Å². The molecule has 5 rings (SSSR count). The smallest absolute Gasteiger partial charge is 0.300 e. The number of hydrogen-bond donors (Lipinski definition) is 3. The fourth-order valence-electron chi connectivity index (χ4n) is 3.78. The zero-order chi connectivity index (χ0) is 24.9. The molecule has 1 aliphatic carbocycles. The third kappa shape index (κ3) is 5.92. The van der Waals surface area contributed by atoms with E-state index in [0.29, 0.717) is 10.0 Å². The lowest BCUT2D eigenvalue weighted by Crippen LogP contribution is -2.27. The average Bonchev–Trinajstić information content (AvgIpc) is 2.84. The quantitative estimate of drug-likeness (QED) is 0.351. The van der Waals surface area contributed by atoms with Crippen molar-refractivity contribution in [2.75, 3.05) is 10.2 Å². The first-order valence-corrected chi connectivity index (χ1v) is 11.6. The fourth-order valence-corrected chi connectivity index (χ4v) is 4.04. The Morgan fingerprint density at radius 3 is 2.29 bits per heavy atom. The number of allylic oxidation sites excluding steroid dienone is 2. The van der Waals surface area contributed by atoms with E-state index >= 15 is 0 Å². The number of aliphatic carboxylic acids is 1. The van der Waals surface area contributed by atoms with Gasteiger partial charge in [-0.1, -0.05) is 35.3 Å². The summed E-state index contributed by atoms with van der Waals surface area (Å²) in [6.45, 7) is 1.06. The van der Waals surface area contributed by atoms with Gasteiger partial charge in [0.25, 0.3) is 5.97 Å². The summed E-state index contributed by atoms with van der Waals surface area (Å²) in [5.41, 5.74) is 7.52. The Labute approximate surface area is 213 Å². The van der Waals surface area contributed by atoms with E-state index in [1.807, 2.05) is 66.7 Å². The van der Waals surface area contributed by atoms with Crippen molar-refractivity contribution in [3.8, 4) is 0 Å². The van der Waals surface area contributed by atoms with Gasteiger partial charge in [-0.15, -0.1) is 0 Å². The Bertz CT molecular complexity index is 1330. The van der Waals surface area contributed by atoms with E-state index in [1.54, 1.807) is 0 Å². The maximum atomic E-state index is 9.59. The topological polar surface area (TPSA) is 85.2 Å². The lowest BCUT2D eigenvalue weighted by atomic mass is 10.00. The van der Waals surface area contributed by atoms with E-state index in [9.17, 15) is 5.11 Å². The second-order valence-corrected chi connectivity index (χ2v) is 8.78. The molecule has 3 N–H and O–H groups in total. The van der Waals surface area contributed by atoms with Gasteiger partial charge in [-0.3, -0.25) is 4.79 Å². The molecule has 3 aromatic rings. The Morgan fingerprint density at radius 1 is 1.03 bits per heavy atom. The summed E-state index contributed by atoms with van der Waals surface area (Å²) in [7, 11) is 0. The molecule has 0 spiro atoms. The monoisotopic (exact) mass is 507 g/mol. The van der Waals surface area contributed by atoms with Crippen LogP contribution in [0.1, 0.15) is 18.9 Å². The first-order chi connectivity index (χ1) is 16.8. The lowest BCUT2D eigenvalue weighted by Gasteiger charge is -2.34. The number of halogens is 2. The summed E-state index contributed by atoms with van der Waals surface area (Å²) >= 11 is 12.1. The number of aliphatic imine (C=N–C) groups is 1. The number of carboxylic acids is 1. The number of rotatable bonds is 4. The van der Waals surface area contributed by atoms with Gasteiger partial charge in [-0.2, -0.15) is 0 Å². The molecule has 0 saturated heterocycles. The van der Waals surface area contributed by atoms with Crippen LogP contribution in [0.3, 0.4) is 0 Å². The fraction of sp³-hybridized carbons (Fsp3) is 0.111. The van der Waals surface area contributed by atoms with Crippen LogP contribution in [0.2, 0.25) is 10.0 Å². The molecule has 1 heterocycles. The minimum atomic E-state index is -0.833. The average molecular weight is 508 g/mol. The number of nitrogens with one attached hydrogen (secondary N) is 1. The molecular formula is C27H23Cl2N3O3. The Kier molecular flexibility index (Phi) is 7.56. The molecule has 0 amide bonds. The second kappa shape index (κ2) is 10.8. The maximum absolute atomic E-state index is 9.59. The molecule has 2 aliphatic rings. The highest BCUT2D eigenvalue weighted by atomic mass is 35.5. The Morgan fingerprint density at radius 2 is 1.66 bits per heavy atom. The van der Waals surface area contributed by atoms with E-state index in [1.165, 1.54) is 0 Å². The minimum absolute atomic E-state index is 0.0268. The van der Waals surface area contributed by atoms with Crippen molar-refractivity contribution in [3.05, 3.63) is 106 Å².